The lowest BCUT2D eigenvalue weighted by molar-refractivity contribution is 0.0540. The minimum Gasteiger partial charge on any atom is -0.384 e. The van der Waals surface area contributed by atoms with Gasteiger partial charge in [-0.25, -0.2) is 0 Å². The molecule has 4 heteroatoms. The molecule has 2 unspecified atom stereocenters. The number of hydrogen-bond acceptors (Lipinski definition) is 3. The summed E-state index contributed by atoms with van der Waals surface area (Å²) in [6, 6.07) is 8.99. The number of nitrogens with zero attached hydrogens (tertiary/aromatic N) is 2. The van der Waals surface area contributed by atoms with Crippen molar-refractivity contribution in [3.63, 3.8) is 0 Å². The van der Waals surface area contributed by atoms with Crippen LogP contribution in [0.4, 0.5) is 0 Å². The molecule has 1 aromatic carbocycles. The highest BCUT2D eigenvalue weighted by molar-refractivity contribution is 5.22. The Labute approximate surface area is 133 Å². The Kier molecular flexibility index (Phi) is 5.37. The van der Waals surface area contributed by atoms with E-state index in [1.54, 1.807) is 10.9 Å². The van der Waals surface area contributed by atoms with Crippen molar-refractivity contribution in [2.45, 2.75) is 45.3 Å². The molecule has 22 heavy (non-hydrogen) atoms. The van der Waals surface area contributed by atoms with Crippen molar-refractivity contribution in [1.29, 1.82) is 0 Å². The molecule has 0 aliphatic carbocycles. The Balaban J connectivity index is 1.81. The molecule has 0 saturated carbocycles. The first-order valence-electron chi connectivity index (χ1n) is 7.87. The molecule has 0 radical (unpaired) electrons. The molecular weight excluding hydrogens is 274 g/mol. The van der Waals surface area contributed by atoms with E-state index in [1.165, 1.54) is 11.1 Å². The van der Waals surface area contributed by atoms with Crippen molar-refractivity contribution in [3.8, 4) is 0 Å². The molecule has 0 aliphatic rings. The summed E-state index contributed by atoms with van der Waals surface area (Å²) < 4.78 is 1.71. The fourth-order valence-corrected chi connectivity index (χ4v) is 2.53. The molecular formula is C18H27N3O. The minimum absolute atomic E-state index is 0.351. The fourth-order valence-electron chi connectivity index (χ4n) is 2.53. The second kappa shape index (κ2) is 7.07. The number of benzene rings is 1. The van der Waals surface area contributed by atoms with Crippen LogP contribution in [0.25, 0.3) is 0 Å². The van der Waals surface area contributed by atoms with E-state index in [0.717, 1.165) is 18.4 Å². The molecule has 0 aliphatic heterocycles. The SMILES string of the molecule is Cc1cccc(CCC(C)NCC(C)(O)c2cnn(C)c2)c1. The second-order valence-corrected chi connectivity index (χ2v) is 6.49. The average molecular weight is 301 g/mol. The van der Waals surface area contributed by atoms with Gasteiger partial charge < -0.3 is 10.4 Å². The molecule has 4 nitrogen and oxygen atoms in total. The third-order valence-corrected chi connectivity index (χ3v) is 4.07. The molecule has 1 aromatic heterocycles. The maximum Gasteiger partial charge on any atom is 0.102 e. The molecule has 120 valence electrons. The molecule has 2 rings (SSSR count). The molecule has 0 amide bonds. The molecule has 0 fully saturated rings. The standard InChI is InChI=1S/C18H27N3O/c1-14-6-5-7-16(10-14)9-8-15(2)19-13-18(3,22)17-11-20-21(4)12-17/h5-7,10-12,15,19,22H,8-9,13H2,1-4H3. The predicted octanol–water partition coefficient (Wildman–Crippen LogP) is 2.55. The first-order chi connectivity index (χ1) is 10.4. The normalized spacial score (nSPS) is 15.5. The van der Waals surface area contributed by atoms with Crippen LogP contribution in [0, 0.1) is 6.92 Å². The van der Waals surface area contributed by atoms with Gasteiger partial charge in [-0.1, -0.05) is 29.8 Å². The molecule has 2 aromatic rings. The van der Waals surface area contributed by atoms with E-state index < -0.39 is 5.60 Å². The number of hydrogen-bond donors (Lipinski definition) is 2. The fraction of sp³-hybridized carbons (Fsp3) is 0.500. The molecule has 2 N–H and O–H groups in total. The van der Waals surface area contributed by atoms with E-state index in [0.29, 0.717) is 12.6 Å². The summed E-state index contributed by atoms with van der Waals surface area (Å²) in [7, 11) is 1.86. The Morgan fingerprint density at radius 2 is 2.18 bits per heavy atom. The first kappa shape index (κ1) is 16.7. The van der Waals surface area contributed by atoms with Gasteiger partial charge in [0.05, 0.1) is 6.20 Å². The average Bonchev–Trinajstić information content (AvgIpc) is 2.91. The van der Waals surface area contributed by atoms with Crippen molar-refractivity contribution < 1.29 is 5.11 Å². The van der Waals surface area contributed by atoms with Gasteiger partial charge >= 0.3 is 0 Å². The zero-order chi connectivity index (χ0) is 16.2. The van der Waals surface area contributed by atoms with Crippen molar-refractivity contribution in [3.05, 3.63) is 53.3 Å². The number of aliphatic hydroxyl groups is 1. The monoisotopic (exact) mass is 301 g/mol. The quantitative estimate of drug-likeness (QED) is 0.826. The van der Waals surface area contributed by atoms with Crippen LogP contribution in [0.2, 0.25) is 0 Å². The van der Waals surface area contributed by atoms with Crippen LogP contribution in [0.3, 0.4) is 0 Å². The van der Waals surface area contributed by atoms with Crippen LogP contribution in [-0.2, 0) is 19.1 Å². The van der Waals surface area contributed by atoms with Crippen LogP contribution in [0.5, 0.6) is 0 Å². The largest absolute Gasteiger partial charge is 0.384 e. The smallest absolute Gasteiger partial charge is 0.102 e. The highest BCUT2D eigenvalue weighted by Crippen LogP contribution is 2.19. The summed E-state index contributed by atoms with van der Waals surface area (Å²) in [4.78, 5) is 0. The number of nitrogens with one attached hydrogen (secondary N) is 1. The van der Waals surface area contributed by atoms with E-state index >= 15 is 0 Å². The second-order valence-electron chi connectivity index (χ2n) is 6.49. The summed E-state index contributed by atoms with van der Waals surface area (Å²) in [6.45, 7) is 6.63. The lowest BCUT2D eigenvalue weighted by Gasteiger charge is -2.25. The highest BCUT2D eigenvalue weighted by atomic mass is 16.3. The summed E-state index contributed by atoms with van der Waals surface area (Å²) in [5.41, 5.74) is 2.62. The molecule has 0 bridgehead atoms. The van der Waals surface area contributed by atoms with Gasteiger partial charge in [-0.15, -0.1) is 0 Å². The van der Waals surface area contributed by atoms with Gasteiger partial charge in [-0.2, -0.15) is 5.10 Å². The van der Waals surface area contributed by atoms with Crippen molar-refractivity contribution >= 4 is 0 Å². The van der Waals surface area contributed by atoms with Gasteiger partial charge in [-0.05, 0) is 39.2 Å². The Morgan fingerprint density at radius 3 is 2.82 bits per heavy atom. The zero-order valence-electron chi connectivity index (χ0n) is 14.0. The Bertz CT molecular complexity index is 604. The minimum atomic E-state index is -0.897. The van der Waals surface area contributed by atoms with Gasteiger partial charge in [0.15, 0.2) is 0 Å². The zero-order valence-corrected chi connectivity index (χ0v) is 14.0. The van der Waals surface area contributed by atoms with E-state index in [-0.39, 0.29) is 0 Å². The van der Waals surface area contributed by atoms with Gasteiger partial charge in [0.1, 0.15) is 5.60 Å². The summed E-state index contributed by atoms with van der Waals surface area (Å²) in [5, 5.41) is 18.1. The third kappa shape index (κ3) is 4.68. The van der Waals surface area contributed by atoms with E-state index in [9.17, 15) is 5.11 Å². The number of aryl methyl sites for hydroxylation is 3. The van der Waals surface area contributed by atoms with Gasteiger partial charge in [0, 0.05) is 31.4 Å². The maximum absolute atomic E-state index is 10.6. The number of rotatable bonds is 7. The summed E-state index contributed by atoms with van der Waals surface area (Å²) in [6.07, 6.45) is 5.68. The van der Waals surface area contributed by atoms with Crippen molar-refractivity contribution in [1.82, 2.24) is 15.1 Å². The molecule has 0 saturated heterocycles. The maximum atomic E-state index is 10.6. The molecule has 0 spiro atoms. The Morgan fingerprint density at radius 1 is 1.41 bits per heavy atom. The molecule has 2 atom stereocenters. The van der Waals surface area contributed by atoms with Crippen molar-refractivity contribution in [2.24, 2.45) is 7.05 Å². The van der Waals surface area contributed by atoms with E-state index in [2.05, 4.69) is 48.5 Å². The van der Waals surface area contributed by atoms with Crippen LogP contribution >= 0.6 is 0 Å². The van der Waals surface area contributed by atoms with Crippen LogP contribution in [0.15, 0.2) is 36.7 Å². The summed E-state index contributed by atoms with van der Waals surface area (Å²) >= 11 is 0. The number of aromatic nitrogens is 2. The molecule has 1 heterocycles. The van der Waals surface area contributed by atoms with Crippen LogP contribution in [0.1, 0.15) is 37.0 Å². The summed E-state index contributed by atoms with van der Waals surface area (Å²) in [5.74, 6) is 0. The van der Waals surface area contributed by atoms with Gasteiger partial charge in [-0.3, -0.25) is 4.68 Å². The lowest BCUT2D eigenvalue weighted by Crippen LogP contribution is -2.39. The van der Waals surface area contributed by atoms with Gasteiger partial charge in [0.2, 0.25) is 0 Å². The van der Waals surface area contributed by atoms with E-state index in [1.807, 2.05) is 20.2 Å². The predicted molar refractivity (Wildman–Crippen MR) is 89.7 cm³/mol. The van der Waals surface area contributed by atoms with Gasteiger partial charge in [0.25, 0.3) is 0 Å². The topological polar surface area (TPSA) is 50.1 Å². The van der Waals surface area contributed by atoms with E-state index in [4.69, 9.17) is 0 Å². The first-order valence-corrected chi connectivity index (χ1v) is 7.87. The lowest BCUT2D eigenvalue weighted by atomic mass is 9.98. The van der Waals surface area contributed by atoms with Crippen LogP contribution < -0.4 is 5.32 Å². The van der Waals surface area contributed by atoms with Crippen molar-refractivity contribution in [2.75, 3.05) is 6.54 Å². The van der Waals surface area contributed by atoms with Crippen LogP contribution in [-0.4, -0.2) is 27.5 Å². The highest BCUT2D eigenvalue weighted by Gasteiger charge is 2.24. The third-order valence-electron chi connectivity index (χ3n) is 4.07. The Hall–Kier alpha value is -1.65.